The number of halogens is 1. The van der Waals surface area contributed by atoms with Crippen LogP contribution in [0.5, 0.6) is 11.5 Å². The van der Waals surface area contributed by atoms with Crippen LogP contribution in [0.2, 0.25) is 0 Å². The largest absolute Gasteiger partial charge is 0.457 e. The van der Waals surface area contributed by atoms with Crippen LogP contribution in [-0.4, -0.2) is 6.54 Å². The van der Waals surface area contributed by atoms with Crippen LogP contribution in [0.25, 0.3) is 0 Å². The van der Waals surface area contributed by atoms with Gasteiger partial charge in [-0.05, 0) is 67.8 Å². The van der Waals surface area contributed by atoms with E-state index in [0.29, 0.717) is 6.54 Å². The zero-order chi connectivity index (χ0) is 13.8. The van der Waals surface area contributed by atoms with Crippen molar-refractivity contribution in [1.29, 1.82) is 0 Å². The van der Waals surface area contributed by atoms with E-state index in [1.54, 1.807) is 0 Å². The summed E-state index contributed by atoms with van der Waals surface area (Å²) in [5.74, 6) is 1.72. The molecule has 0 aliphatic rings. The van der Waals surface area contributed by atoms with E-state index in [1.165, 1.54) is 11.1 Å². The Morgan fingerprint density at radius 3 is 2.53 bits per heavy atom. The predicted octanol–water partition coefficient (Wildman–Crippen LogP) is 4.36. The minimum Gasteiger partial charge on any atom is -0.457 e. The third-order valence-electron chi connectivity index (χ3n) is 3.15. The third-order valence-corrected chi connectivity index (χ3v) is 3.64. The number of rotatable bonds is 4. The quantitative estimate of drug-likeness (QED) is 0.908. The molecule has 2 N–H and O–H groups in total. The Morgan fingerprint density at radius 1 is 1.05 bits per heavy atom. The van der Waals surface area contributed by atoms with Gasteiger partial charge in [0.25, 0.3) is 0 Å². The second-order valence-corrected chi connectivity index (χ2v) is 5.55. The summed E-state index contributed by atoms with van der Waals surface area (Å²) in [6, 6.07) is 12.2. The van der Waals surface area contributed by atoms with Crippen LogP contribution < -0.4 is 10.5 Å². The molecule has 3 heteroatoms. The average molecular weight is 320 g/mol. The van der Waals surface area contributed by atoms with Crippen LogP contribution in [0.15, 0.2) is 40.9 Å². The molecule has 0 amide bonds. The van der Waals surface area contributed by atoms with E-state index in [0.717, 1.165) is 28.0 Å². The molecule has 0 radical (unpaired) electrons. The Morgan fingerprint density at radius 2 is 1.84 bits per heavy atom. The van der Waals surface area contributed by atoms with Gasteiger partial charge < -0.3 is 10.5 Å². The van der Waals surface area contributed by atoms with Crippen molar-refractivity contribution in [2.75, 3.05) is 6.54 Å². The number of benzene rings is 2. The van der Waals surface area contributed by atoms with Gasteiger partial charge in [0.1, 0.15) is 11.5 Å². The highest BCUT2D eigenvalue weighted by Crippen LogP contribution is 2.29. The highest BCUT2D eigenvalue weighted by atomic mass is 79.9. The zero-order valence-corrected chi connectivity index (χ0v) is 12.8. The number of hydrogen-bond acceptors (Lipinski definition) is 2. The van der Waals surface area contributed by atoms with Gasteiger partial charge in [0, 0.05) is 4.47 Å². The third kappa shape index (κ3) is 3.58. The Kier molecular flexibility index (Phi) is 4.61. The molecule has 100 valence electrons. The van der Waals surface area contributed by atoms with Crippen molar-refractivity contribution in [3.8, 4) is 11.5 Å². The van der Waals surface area contributed by atoms with Crippen molar-refractivity contribution >= 4 is 15.9 Å². The van der Waals surface area contributed by atoms with Crippen molar-refractivity contribution in [1.82, 2.24) is 0 Å². The summed E-state index contributed by atoms with van der Waals surface area (Å²) in [6.45, 7) is 4.80. The molecule has 0 fully saturated rings. The molecule has 2 nitrogen and oxygen atoms in total. The Balaban J connectivity index is 2.30. The molecule has 0 saturated heterocycles. The minimum atomic E-state index is 0.616. The maximum atomic E-state index is 5.99. The van der Waals surface area contributed by atoms with Crippen LogP contribution in [0.4, 0.5) is 0 Å². The van der Waals surface area contributed by atoms with Crippen LogP contribution in [0.3, 0.4) is 0 Å². The van der Waals surface area contributed by atoms with Crippen molar-refractivity contribution in [2.45, 2.75) is 20.3 Å². The lowest BCUT2D eigenvalue weighted by molar-refractivity contribution is 0.475. The second kappa shape index (κ2) is 6.22. The lowest BCUT2D eigenvalue weighted by Crippen LogP contribution is -2.04. The molecule has 0 aliphatic heterocycles. The molecule has 2 rings (SSSR count). The lowest BCUT2D eigenvalue weighted by Gasteiger charge is -2.12. The smallest absolute Gasteiger partial charge is 0.131 e. The zero-order valence-electron chi connectivity index (χ0n) is 11.2. The fraction of sp³-hybridized carbons (Fsp3) is 0.250. The Hall–Kier alpha value is -1.32. The molecular weight excluding hydrogens is 302 g/mol. The summed E-state index contributed by atoms with van der Waals surface area (Å²) in [4.78, 5) is 0. The number of aryl methyl sites for hydroxylation is 2. The Bertz CT molecular complexity index is 581. The number of nitrogens with two attached hydrogens (primary N) is 1. The van der Waals surface area contributed by atoms with E-state index in [9.17, 15) is 0 Å². The molecule has 0 bridgehead atoms. The summed E-state index contributed by atoms with van der Waals surface area (Å²) in [5.41, 5.74) is 9.26. The lowest BCUT2D eigenvalue weighted by atomic mass is 10.1. The van der Waals surface area contributed by atoms with Crippen LogP contribution >= 0.6 is 15.9 Å². The molecule has 0 saturated carbocycles. The molecule has 2 aromatic carbocycles. The molecule has 0 aliphatic carbocycles. The molecule has 2 aromatic rings. The standard InChI is InChI=1S/C16H18BrNO/c1-11-3-6-15(9-12(11)2)19-16-10-14(17)5-4-13(16)7-8-18/h3-6,9-10H,7-8,18H2,1-2H3. The maximum absolute atomic E-state index is 5.99. The van der Waals surface area contributed by atoms with E-state index >= 15 is 0 Å². The highest BCUT2D eigenvalue weighted by molar-refractivity contribution is 9.10. The first kappa shape index (κ1) is 14.1. The Labute approximate surface area is 122 Å². The molecule has 0 spiro atoms. The molecule has 0 aromatic heterocycles. The molecule has 0 heterocycles. The van der Waals surface area contributed by atoms with Gasteiger partial charge in [0.2, 0.25) is 0 Å². The first-order chi connectivity index (χ1) is 9.10. The van der Waals surface area contributed by atoms with Gasteiger partial charge >= 0.3 is 0 Å². The van der Waals surface area contributed by atoms with Crippen LogP contribution in [-0.2, 0) is 6.42 Å². The van der Waals surface area contributed by atoms with Gasteiger partial charge in [-0.2, -0.15) is 0 Å². The summed E-state index contributed by atoms with van der Waals surface area (Å²) in [5, 5.41) is 0. The summed E-state index contributed by atoms with van der Waals surface area (Å²) < 4.78 is 7.00. The molecule has 0 unspecified atom stereocenters. The number of hydrogen-bond donors (Lipinski definition) is 1. The summed E-state index contributed by atoms with van der Waals surface area (Å²) >= 11 is 3.48. The van der Waals surface area contributed by atoms with Gasteiger partial charge in [0.05, 0.1) is 0 Å². The normalized spacial score (nSPS) is 10.5. The second-order valence-electron chi connectivity index (χ2n) is 4.64. The van der Waals surface area contributed by atoms with Gasteiger partial charge in [-0.15, -0.1) is 0 Å². The fourth-order valence-electron chi connectivity index (χ4n) is 1.89. The minimum absolute atomic E-state index is 0.616. The van der Waals surface area contributed by atoms with Gasteiger partial charge in [-0.1, -0.05) is 28.1 Å². The van der Waals surface area contributed by atoms with Crippen LogP contribution in [0.1, 0.15) is 16.7 Å². The molecule has 0 atom stereocenters. The van der Waals surface area contributed by atoms with E-state index in [2.05, 4.69) is 41.9 Å². The highest BCUT2D eigenvalue weighted by Gasteiger charge is 2.06. The van der Waals surface area contributed by atoms with Gasteiger partial charge in [0.15, 0.2) is 0 Å². The van der Waals surface area contributed by atoms with Crippen molar-refractivity contribution in [3.63, 3.8) is 0 Å². The fourth-order valence-corrected chi connectivity index (χ4v) is 2.23. The first-order valence-electron chi connectivity index (χ1n) is 6.34. The van der Waals surface area contributed by atoms with Crippen molar-refractivity contribution in [2.24, 2.45) is 5.73 Å². The van der Waals surface area contributed by atoms with E-state index in [1.807, 2.05) is 24.3 Å². The summed E-state index contributed by atoms with van der Waals surface area (Å²) in [7, 11) is 0. The number of ether oxygens (including phenoxy) is 1. The van der Waals surface area contributed by atoms with E-state index in [4.69, 9.17) is 10.5 Å². The monoisotopic (exact) mass is 319 g/mol. The van der Waals surface area contributed by atoms with Crippen molar-refractivity contribution < 1.29 is 4.74 Å². The maximum Gasteiger partial charge on any atom is 0.131 e. The molecular formula is C16H18BrNO. The predicted molar refractivity (Wildman–Crippen MR) is 82.9 cm³/mol. The van der Waals surface area contributed by atoms with Gasteiger partial charge in [-0.25, -0.2) is 0 Å². The van der Waals surface area contributed by atoms with Crippen LogP contribution in [0, 0.1) is 13.8 Å². The van der Waals surface area contributed by atoms with E-state index in [-0.39, 0.29) is 0 Å². The van der Waals surface area contributed by atoms with E-state index < -0.39 is 0 Å². The summed E-state index contributed by atoms with van der Waals surface area (Å²) in [6.07, 6.45) is 0.813. The average Bonchev–Trinajstić information content (AvgIpc) is 2.37. The SMILES string of the molecule is Cc1ccc(Oc2cc(Br)ccc2CCN)cc1C. The van der Waals surface area contributed by atoms with Gasteiger partial charge in [-0.3, -0.25) is 0 Å². The first-order valence-corrected chi connectivity index (χ1v) is 7.13. The molecule has 19 heavy (non-hydrogen) atoms. The topological polar surface area (TPSA) is 35.2 Å². The van der Waals surface area contributed by atoms with Crippen molar-refractivity contribution in [3.05, 3.63) is 57.6 Å².